The molecule has 0 saturated heterocycles. The molecule has 6 rings (SSSR count). The number of halogens is 18. The van der Waals surface area contributed by atoms with Crippen LogP contribution in [-0.2, 0) is 57.2 Å². The van der Waals surface area contributed by atoms with Gasteiger partial charge in [-0.25, -0.2) is 0 Å². The van der Waals surface area contributed by atoms with Crippen LogP contribution in [0.1, 0.15) is 50.1 Å². The number of hydrogen-bond donors (Lipinski definition) is 0. The van der Waals surface area contributed by atoms with Gasteiger partial charge in [-0.2, -0.15) is 79.0 Å². The molecule has 0 amide bonds. The standard InChI is InChI=1S/3C14H9F6N.Ir/c3*1-8-4-5-21-12(6-8)10-3-2-9(13(15,16)17)7-11(10)14(18,19)20;/h3*2-7H,1H3;. The second-order valence-electron chi connectivity index (χ2n) is 13.4. The summed E-state index contributed by atoms with van der Waals surface area (Å²) < 4.78 is 230. The Morgan fingerprint density at radius 1 is 0.297 bits per heavy atom. The van der Waals surface area contributed by atoms with E-state index >= 15 is 0 Å². The Morgan fingerprint density at radius 3 is 0.688 bits per heavy atom. The summed E-state index contributed by atoms with van der Waals surface area (Å²) in [4.78, 5) is 11.4. The van der Waals surface area contributed by atoms with Crippen molar-refractivity contribution < 1.29 is 99.1 Å². The van der Waals surface area contributed by atoms with Crippen LogP contribution in [0.5, 0.6) is 0 Å². The molecule has 3 aromatic heterocycles. The van der Waals surface area contributed by atoms with Crippen molar-refractivity contribution in [1.29, 1.82) is 0 Å². The van der Waals surface area contributed by atoms with Gasteiger partial charge in [-0.05, 0) is 110 Å². The number of hydrogen-bond acceptors (Lipinski definition) is 3. The van der Waals surface area contributed by atoms with Crippen molar-refractivity contribution in [3.63, 3.8) is 0 Å². The Kier molecular flexibility index (Phi) is 16.3. The van der Waals surface area contributed by atoms with Gasteiger partial charge in [0, 0.05) is 55.4 Å². The molecule has 0 aliphatic rings. The van der Waals surface area contributed by atoms with E-state index in [2.05, 4.69) is 15.0 Å². The van der Waals surface area contributed by atoms with Gasteiger partial charge in [0.1, 0.15) is 0 Å². The first-order valence-electron chi connectivity index (χ1n) is 17.4. The van der Waals surface area contributed by atoms with E-state index in [4.69, 9.17) is 0 Å². The monoisotopic (exact) mass is 1110 g/mol. The minimum Gasteiger partial charge on any atom is -0.256 e. The van der Waals surface area contributed by atoms with Crippen LogP contribution in [0, 0.1) is 20.8 Å². The maximum atomic E-state index is 13.0. The number of benzene rings is 3. The van der Waals surface area contributed by atoms with E-state index in [0.29, 0.717) is 34.9 Å². The fourth-order valence-electron chi connectivity index (χ4n) is 5.59. The Labute approximate surface area is 364 Å². The van der Waals surface area contributed by atoms with Crippen molar-refractivity contribution in [3.05, 3.63) is 160 Å². The van der Waals surface area contributed by atoms with Crippen LogP contribution in [-0.4, -0.2) is 15.0 Å². The molecule has 0 unspecified atom stereocenters. The SMILES string of the molecule is Cc1ccnc(-c2ccc(C(F)(F)F)cc2C(F)(F)F)c1.Cc1ccnc(-c2ccc(C(F)(F)F)cc2C(F)(F)F)c1.Cc1ccnc(-c2ccc(C(F)(F)F)cc2C(F)(F)F)c1.[Ir]. The maximum Gasteiger partial charge on any atom is 0.417 e. The third-order valence-corrected chi connectivity index (χ3v) is 8.53. The molecule has 0 fully saturated rings. The molecule has 0 aliphatic heterocycles. The van der Waals surface area contributed by atoms with Gasteiger partial charge in [0.25, 0.3) is 0 Å². The molecule has 6 aromatic rings. The van der Waals surface area contributed by atoms with Gasteiger partial charge in [-0.1, -0.05) is 18.2 Å². The predicted molar refractivity (Wildman–Crippen MR) is 193 cm³/mol. The van der Waals surface area contributed by atoms with Gasteiger partial charge in [0.2, 0.25) is 0 Å². The van der Waals surface area contributed by atoms with Crippen molar-refractivity contribution >= 4 is 0 Å². The third kappa shape index (κ3) is 14.0. The largest absolute Gasteiger partial charge is 0.417 e. The Bertz CT molecular complexity index is 2260. The normalized spacial score (nSPS) is 12.3. The molecular formula is C42H27F18IrN3. The molecule has 1 radical (unpaired) electrons. The van der Waals surface area contributed by atoms with Gasteiger partial charge in [-0.15, -0.1) is 0 Å². The van der Waals surface area contributed by atoms with Crippen LogP contribution < -0.4 is 0 Å². The minimum atomic E-state index is -4.90. The third-order valence-electron chi connectivity index (χ3n) is 8.53. The van der Waals surface area contributed by atoms with Crippen LogP contribution in [0.3, 0.4) is 0 Å². The summed E-state index contributed by atoms with van der Waals surface area (Å²) in [5.41, 5.74) is -7.28. The first-order chi connectivity index (χ1) is 28.8. The molecule has 22 heteroatoms. The predicted octanol–water partition coefficient (Wildman–Crippen LogP) is 15.3. The summed E-state index contributed by atoms with van der Waals surface area (Å²) in [7, 11) is 0. The number of alkyl halides is 18. The summed E-state index contributed by atoms with van der Waals surface area (Å²) in [6.45, 7) is 4.97. The van der Waals surface area contributed by atoms with Gasteiger partial charge in [-0.3, -0.25) is 15.0 Å². The minimum absolute atomic E-state index is 0. The average Bonchev–Trinajstić information content (AvgIpc) is 3.15. The summed E-state index contributed by atoms with van der Waals surface area (Å²) in [5.74, 6) is 0. The van der Waals surface area contributed by atoms with E-state index in [1.54, 1.807) is 39.0 Å². The molecule has 0 saturated carbocycles. The van der Waals surface area contributed by atoms with Crippen LogP contribution in [0.4, 0.5) is 79.0 Å². The summed E-state index contributed by atoms with van der Waals surface area (Å²) in [6, 6.07) is 13.5. The van der Waals surface area contributed by atoms with Crippen molar-refractivity contribution in [2.45, 2.75) is 57.8 Å². The number of aromatic nitrogens is 3. The van der Waals surface area contributed by atoms with Crippen molar-refractivity contribution in [2.24, 2.45) is 0 Å². The average molecular weight is 1110 g/mol. The Morgan fingerprint density at radius 2 is 0.516 bits per heavy atom. The summed E-state index contributed by atoms with van der Waals surface area (Å²) in [5, 5.41) is 0. The molecule has 0 aliphatic carbocycles. The molecule has 3 aromatic carbocycles. The van der Waals surface area contributed by atoms with Gasteiger partial charge in [0.05, 0.1) is 50.5 Å². The number of aryl methyl sites for hydroxylation is 3. The molecule has 3 heterocycles. The number of nitrogens with zero attached hydrogens (tertiary/aromatic N) is 3. The fraction of sp³-hybridized carbons (Fsp3) is 0.214. The second-order valence-corrected chi connectivity index (χ2v) is 13.4. The zero-order chi connectivity index (χ0) is 47.5. The molecule has 3 nitrogen and oxygen atoms in total. The van der Waals surface area contributed by atoms with Gasteiger partial charge >= 0.3 is 37.1 Å². The van der Waals surface area contributed by atoms with Crippen LogP contribution in [0.15, 0.2) is 110 Å². The van der Waals surface area contributed by atoms with Crippen LogP contribution in [0.2, 0.25) is 0 Å². The molecule has 345 valence electrons. The van der Waals surface area contributed by atoms with Gasteiger partial charge in [0.15, 0.2) is 0 Å². The molecular weight excluding hydrogens is 1080 g/mol. The van der Waals surface area contributed by atoms with E-state index < -0.39 is 70.4 Å². The molecule has 0 N–H and O–H groups in total. The van der Waals surface area contributed by atoms with Crippen molar-refractivity contribution in [3.8, 4) is 33.8 Å². The molecule has 64 heavy (non-hydrogen) atoms. The van der Waals surface area contributed by atoms with Crippen molar-refractivity contribution in [1.82, 2.24) is 15.0 Å². The first-order valence-corrected chi connectivity index (χ1v) is 17.4. The topological polar surface area (TPSA) is 38.7 Å². The Hall–Kier alpha value is -5.50. The van der Waals surface area contributed by atoms with Crippen molar-refractivity contribution in [2.75, 3.05) is 0 Å². The van der Waals surface area contributed by atoms with E-state index in [1.165, 1.54) is 36.8 Å². The maximum absolute atomic E-state index is 13.0. The number of rotatable bonds is 3. The summed E-state index contributed by atoms with van der Waals surface area (Å²) >= 11 is 0. The second kappa shape index (κ2) is 19.7. The van der Waals surface area contributed by atoms with E-state index in [1.807, 2.05) is 0 Å². The van der Waals surface area contributed by atoms with Gasteiger partial charge < -0.3 is 0 Å². The van der Waals surface area contributed by atoms with Crippen LogP contribution in [0.25, 0.3) is 33.8 Å². The quantitative estimate of drug-likeness (QED) is 0.166. The van der Waals surface area contributed by atoms with Crippen LogP contribution >= 0.6 is 0 Å². The Balaban J connectivity index is 0.000000253. The smallest absolute Gasteiger partial charge is 0.256 e. The molecule has 0 bridgehead atoms. The van der Waals surface area contributed by atoms with E-state index in [0.717, 1.165) is 18.2 Å². The first kappa shape index (κ1) is 52.8. The van der Waals surface area contributed by atoms with E-state index in [9.17, 15) is 79.0 Å². The fourth-order valence-corrected chi connectivity index (χ4v) is 5.59. The van der Waals surface area contributed by atoms with E-state index in [-0.39, 0.29) is 72.1 Å². The summed E-state index contributed by atoms with van der Waals surface area (Å²) in [6.07, 6.45) is -25.3. The zero-order valence-electron chi connectivity index (χ0n) is 32.4. The zero-order valence-corrected chi connectivity index (χ0v) is 34.8. The molecule has 0 spiro atoms. The molecule has 0 atom stereocenters. The number of pyridine rings is 3.